The first-order chi connectivity index (χ1) is 14.2. The summed E-state index contributed by atoms with van der Waals surface area (Å²) < 4.78 is 25.8. The molecule has 1 fully saturated rings. The van der Waals surface area contributed by atoms with Crippen molar-refractivity contribution in [1.82, 2.24) is 4.31 Å². The van der Waals surface area contributed by atoms with Crippen molar-refractivity contribution >= 4 is 22.6 Å². The van der Waals surface area contributed by atoms with Gasteiger partial charge in [-0.2, -0.15) is 0 Å². The molecule has 0 saturated carbocycles. The summed E-state index contributed by atoms with van der Waals surface area (Å²) in [5.41, 5.74) is 0.551. The number of piperazine rings is 1. The number of carboxylic acids is 1. The fraction of sp³-hybridized carbons (Fsp3) is 0.409. The molecule has 1 heterocycles. The van der Waals surface area contributed by atoms with Gasteiger partial charge < -0.3 is 19.5 Å². The van der Waals surface area contributed by atoms with Crippen molar-refractivity contribution in [2.24, 2.45) is 0 Å². The number of benzene rings is 2. The van der Waals surface area contributed by atoms with Crippen LogP contribution < -0.4 is 14.4 Å². The van der Waals surface area contributed by atoms with Crippen molar-refractivity contribution in [2.45, 2.75) is 31.3 Å². The van der Waals surface area contributed by atoms with Crippen molar-refractivity contribution in [3.05, 3.63) is 48.0 Å². The maximum atomic E-state index is 13.1. The standard InChI is InChI=1S/C22H28N2O5S/c1-16-15-19(9-10-20(16)29-22(2,3)21(25)26)30(27)24-13-11-23(12-14-24)17-5-7-18(28-4)8-6-17/h5-10,15H,11-14H2,1-4H3,(H,25,26). The van der Waals surface area contributed by atoms with Crippen LogP contribution in [0.4, 0.5) is 5.69 Å². The lowest BCUT2D eigenvalue weighted by molar-refractivity contribution is -0.152. The molecular weight excluding hydrogens is 404 g/mol. The third-order valence-electron chi connectivity index (χ3n) is 5.14. The number of anilines is 1. The maximum absolute atomic E-state index is 13.1. The molecule has 1 aliphatic heterocycles. The zero-order chi connectivity index (χ0) is 21.9. The molecule has 0 bridgehead atoms. The summed E-state index contributed by atoms with van der Waals surface area (Å²) in [4.78, 5) is 14.2. The summed E-state index contributed by atoms with van der Waals surface area (Å²) in [6.07, 6.45) is 0. The molecule has 2 aromatic carbocycles. The summed E-state index contributed by atoms with van der Waals surface area (Å²) in [7, 11) is 0.367. The zero-order valence-corrected chi connectivity index (χ0v) is 18.6. The van der Waals surface area contributed by atoms with Crippen LogP contribution in [-0.2, 0) is 15.8 Å². The number of hydrogen-bond acceptors (Lipinski definition) is 5. The van der Waals surface area contributed by atoms with E-state index in [0.717, 1.165) is 30.1 Å². The fourth-order valence-electron chi connectivity index (χ4n) is 3.22. The Balaban J connectivity index is 1.63. The second-order valence-electron chi connectivity index (χ2n) is 7.71. The highest BCUT2D eigenvalue weighted by molar-refractivity contribution is 7.82. The van der Waals surface area contributed by atoms with Gasteiger partial charge in [-0.3, -0.25) is 0 Å². The predicted octanol–water partition coefficient (Wildman–Crippen LogP) is 3.09. The largest absolute Gasteiger partial charge is 0.497 e. The SMILES string of the molecule is COc1ccc(N2CCN(S(=O)c3ccc(OC(C)(C)C(=O)O)c(C)c3)CC2)cc1. The lowest BCUT2D eigenvalue weighted by atomic mass is 10.1. The first-order valence-corrected chi connectivity index (χ1v) is 10.9. The Morgan fingerprint density at radius 1 is 1.07 bits per heavy atom. The quantitative estimate of drug-likeness (QED) is 0.724. The number of carboxylic acid groups (broad SMARTS) is 1. The van der Waals surface area contributed by atoms with E-state index in [1.165, 1.54) is 13.8 Å². The minimum absolute atomic E-state index is 0.479. The number of rotatable bonds is 7. The Bertz CT molecular complexity index is 922. The summed E-state index contributed by atoms with van der Waals surface area (Å²) in [6.45, 7) is 7.77. The van der Waals surface area contributed by atoms with Crippen LogP contribution in [0.2, 0.25) is 0 Å². The number of aliphatic carboxylic acids is 1. The van der Waals surface area contributed by atoms with Crippen molar-refractivity contribution in [3.63, 3.8) is 0 Å². The maximum Gasteiger partial charge on any atom is 0.347 e. The second-order valence-corrected chi connectivity index (χ2v) is 9.19. The van der Waals surface area contributed by atoms with Crippen LogP contribution in [0.5, 0.6) is 11.5 Å². The Kier molecular flexibility index (Phi) is 6.67. The van der Waals surface area contributed by atoms with Crippen molar-refractivity contribution in [2.75, 3.05) is 38.2 Å². The summed E-state index contributed by atoms with van der Waals surface area (Å²) in [6, 6.07) is 13.2. The van der Waals surface area contributed by atoms with Crippen molar-refractivity contribution in [1.29, 1.82) is 0 Å². The van der Waals surface area contributed by atoms with Crippen molar-refractivity contribution < 1.29 is 23.6 Å². The Morgan fingerprint density at radius 2 is 1.70 bits per heavy atom. The molecule has 0 aromatic heterocycles. The third-order valence-corrected chi connectivity index (χ3v) is 6.63. The van der Waals surface area contributed by atoms with E-state index < -0.39 is 22.6 Å². The molecule has 30 heavy (non-hydrogen) atoms. The first kappa shape index (κ1) is 22.1. The van der Waals surface area contributed by atoms with E-state index in [1.807, 2.05) is 35.5 Å². The monoisotopic (exact) mass is 432 g/mol. The van der Waals surface area contributed by atoms with Crippen LogP contribution in [-0.4, -0.2) is 58.5 Å². The number of aryl methyl sites for hydroxylation is 1. The minimum Gasteiger partial charge on any atom is -0.497 e. The van der Waals surface area contributed by atoms with Crippen LogP contribution in [0.15, 0.2) is 47.4 Å². The highest BCUT2D eigenvalue weighted by atomic mass is 32.2. The Morgan fingerprint density at radius 3 is 2.23 bits per heavy atom. The number of hydrogen-bond donors (Lipinski definition) is 1. The van der Waals surface area contributed by atoms with Crippen LogP contribution >= 0.6 is 0 Å². The van der Waals surface area contributed by atoms with Crippen LogP contribution in [0.3, 0.4) is 0 Å². The number of nitrogens with zero attached hydrogens (tertiary/aromatic N) is 2. The molecule has 0 amide bonds. The summed E-state index contributed by atoms with van der Waals surface area (Å²) in [5, 5.41) is 9.25. The Hall–Kier alpha value is -2.58. The minimum atomic E-state index is -1.33. The van der Waals surface area contributed by atoms with E-state index in [-0.39, 0.29) is 0 Å². The van der Waals surface area contributed by atoms with Gasteiger partial charge >= 0.3 is 5.97 Å². The van der Waals surface area contributed by atoms with E-state index >= 15 is 0 Å². The summed E-state index contributed by atoms with van der Waals surface area (Å²) >= 11 is 0. The van der Waals surface area contributed by atoms with Crippen LogP contribution in [0, 0.1) is 6.92 Å². The van der Waals surface area contributed by atoms with Crippen molar-refractivity contribution in [3.8, 4) is 11.5 Å². The zero-order valence-electron chi connectivity index (χ0n) is 17.8. The van der Waals surface area contributed by atoms with E-state index in [9.17, 15) is 14.1 Å². The van der Waals surface area contributed by atoms with Gasteiger partial charge in [0.25, 0.3) is 0 Å². The lowest BCUT2D eigenvalue weighted by Gasteiger charge is -2.35. The number of carbonyl (C=O) groups is 1. The highest BCUT2D eigenvalue weighted by Crippen LogP contribution is 2.27. The smallest absolute Gasteiger partial charge is 0.347 e. The van der Waals surface area contributed by atoms with Gasteiger partial charge in [-0.15, -0.1) is 0 Å². The van der Waals surface area contributed by atoms with E-state index in [4.69, 9.17) is 9.47 Å². The topological polar surface area (TPSA) is 79.3 Å². The van der Waals surface area contributed by atoms with Gasteiger partial charge in [0, 0.05) is 31.9 Å². The van der Waals surface area contributed by atoms with E-state index in [1.54, 1.807) is 25.3 Å². The fourth-order valence-corrected chi connectivity index (χ4v) is 4.47. The first-order valence-electron chi connectivity index (χ1n) is 9.80. The van der Waals surface area contributed by atoms with E-state index in [2.05, 4.69) is 4.90 Å². The molecule has 1 unspecified atom stereocenters. The highest BCUT2D eigenvalue weighted by Gasteiger charge is 2.30. The normalized spacial score (nSPS) is 16.2. The van der Waals surface area contributed by atoms with Gasteiger partial charge in [0.15, 0.2) is 5.60 Å². The average molecular weight is 433 g/mol. The molecule has 162 valence electrons. The van der Waals surface area contributed by atoms with E-state index in [0.29, 0.717) is 23.7 Å². The molecule has 0 radical (unpaired) electrons. The molecular formula is C22H28N2O5S. The summed E-state index contributed by atoms with van der Waals surface area (Å²) in [5.74, 6) is 0.268. The lowest BCUT2D eigenvalue weighted by Crippen LogP contribution is -2.46. The van der Waals surface area contributed by atoms with Gasteiger partial charge in [0.2, 0.25) is 0 Å². The molecule has 1 N–H and O–H groups in total. The van der Waals surface area contributed by atoms with Gasteiger partial charge in [0.05, 0.1) is 12.0 Å². The molecule has 0 spiro atoms. The van der Waals surface area contributed by atoms with Gasteiger partial charge in [-0.05, 0) is 68.8 Å². The Labute approximate surface area is 179 Å². The molecule has 8 heteroatoms. The van der Waals surface area contributed by atoms with Gasteiger partial charge in [-0.1, -0.05) is 0 Å². The molecule has 2 aromatic rings. The number of ether oxygens (including phenoxy) is 2. The molecule has 1 aliphatic rings. The third kappa shape index (κ3) is 4.94. The van der Waals surface area contributed by atoms with Gasteiger partial charge in [0.1, 0.15) is 22.5 Å². The van der Waals surface area contributed by atoms with Crippen LogP contribution in [0.25, 0.3) is 0 Å². The van der Waals surface area contributed by atoms with Crippen LogP contribution in [0.1, 0.15) is 19.4 Å². The number of methoxy groups -OCH3 is 1. The molecule has 1 atom stereocenters. The van der Waals surface area contributed by atoms with Gasteiger partial charge in [-0.25, -0.2) is 13.3 Å². The second kappa shape index (κ2) is 9.06. The molecule has 3 rings (SSSR count). The molecule has 1 saturated heterocycles. The molecule has 0 aliphatic carbocycles. The average Bonchev–Trinajstić information content (AvgIpc) is 2.74. The molecule has 7 nitrogen and oxygen atoms in total. The predicted molar refractivity (Wildman–Crippen MR) is 117 cm³/mol.